The third-order valence-corrected chi connectivity index (χ3v) is 0.905. The average molecular weight is 107 g/mol. The Morgan fingerprint density at radius 1 is 1.12 bits per heavy atom. The molecule has 2 N–H and O–H groups in total. The van der Waals surface area contributed by atoms with Crippen molar-refractivity contribution in [2.24, 2.45) is 5.11 Å². The van der Waals surface area contributed by atoms with E-state index in [-0.39, 0.29) is 0 Å². The highest BCUT2D eigenvalue weighted by atomic mass is 14.9. The lowest BCUT2D eigenvalue weighted by Gasteiger charge is -1.79. The van der Waals surface area contributed by atoms with Gasteiger partial charge < -0.3 is 0 Å². The molecule has 0 bridgehead atoms. The van der Waals surface area contributed by atoms with Crippen LogP contribution in [0.15, 0.2) is 35.4 Å². The molecular weight excluding hydrogens is 100 g/mol. The van der Waals surface area contributed by atoms with Crippen LogP contribution in [-0.2, 0) is 0 Å². The zero-order chi connectivity index (χ0) is 5.82. The van der Waals surface area contributed by atoms with E-state index in [9.17, 15) is 0 Å². The van der Waals surface area contributed by atoms with Crippen molar-refractivity contribution >= 4 is 5.69 Å². The van der Waals surface area contributed by atoms with E-state index in [1.54, 1.807) is 0 Å². The summed E-state index contributed by atoms with van der Waals surface area (Å²) in [6, 6.07) is 9.41. The molecule has 0 unspecified atom stereocenters. The van der Waals surface area contributed by atoms with E-state index in [0.717, 1.165) is 5.69 Å². The van der Waals surface area contributed by atoms with Crippen molar-refractivity contribution in [1.82, 2.24) is 0 Å². The maximum atomic E-state index is 4.97. The van der Waals surface area contributed by atoms with Crippen LogP contribution in [0, 0.1) is 0 Å². The molecule has 0 aliphatic heterocycles. The lowest BCUT2D eigenvalue weighted by molar-refractivity contribution is -0.210. The van der Waals surface area contributed by atoms with Crippen LogP contribution in [-0.4, -0.2) is 0 Å². The van der Waals surface area contributed by atoms with E-state index < -0.39 is 0 Å². The molecule has 0 saturated carbocycles. The first kappa shape index (κ1) is 4.97. The fraction of sp³-hybridized carbons (Fsp3) is 0. The smallest absolute Gasteiger partial charge is 0.129 e. The maximum Gasteiger partial charge on any atom is 0.129 e. The molecule has 2 nitrogen and oxygen atoms in total. The Morgan fingerprint density at radius 2 is 1.75 bits per heavy atom. The van der Waals surface area contributed by atoms with Crippen molar-refractivity contribution in [1.29, 1.82) is 0 Å². The predicted octanol–water partition coefficient (Wildman–Crippen LogP) is 0.529. The minimum Gasteiger partial charge on any atom is -0.152 e. The Hall–Kier alpha value is -1.18. The summed E-state index contributed by atoms with van der Waals surface area (Å²) in [6.07, 6.45) is 0. The molecule has 0 radical (unpaired) electrons. The van der Waals surface area contributed by atoms with Gasteiger partial charge in [-0.15, -0.1) is 0 Å². The van der Waals surface area contributed by atoms with Gasteiger partial charge in [0.1, 0.15) is 5.69 Å². The summed E-state index contributed by atoms with van der Waals surface area (Å²) >= 11 is 0. The van der Waals surface area contributed by atoms with Crippen molar-refractivity contribution in [3.63, 3.8) is 0 Å². The van der Waals surface area contributed by atoms with Gasteiger partial charge in [0.2, 0.25) is 0 Å². The molecule has 8 heavy (non-hydrogen) atoms. The van der Waals surface area contributed by atoms with E-state index in [1.165, 1.54) is 0 Å². The Kier molecular flexibility index (Phi) is 1.37. The molecule has 0 heterocycles. The van der Waals surface area contributed by atoms with Crippen LogP contribution >= 0.6 is 0 Å². The number of hydrogen-bond acceptors (Lipinski definition) is 1. The molecule has 0 aliphatic rings. The van der Waals surface area contributed by atoms with Crippen molar-refractivity contribution in [3.8, 4) is 0 Å². The highest BCUT2D eigenvalue weighted by Gasteiger charge is 1.82. The highest BCUT2D eigenvalue weighted by molar-refractivity contribution is 5.33. The Labute approximate surface area is 47.7 Å². The molecule has 2 heteroatoms. The molecule has 0 aliphatic carbocycles. The van der Waals surface area contributed by atoms with E-state index >= 15 is 0 Å². The van der Waals surface area contributed by atoms with Gasteiger partial charge in [0.05, 0.1) is 0 Å². The summed E-state index contributed by atoms with van der Waals surface area (Å²) in [6.45, 7) is 0. The normalized spacial score (nSPS) is 8.50. The molecule has 40 valence electrons. The predicted molar refractivity (Wildman–Crippen MR) is 30.5 cm³/mol. The van der Waals surface area contributed by atoms with Crippen LogP contribution < -0.4 is 5.53 Å². The topological polar surface area (TPSA) is 38.0 Å². The SMILES string of the molecule is [NH2+]=Nc1ccccc1. The summed E-state index contributed by atoms with van der Waals surface area (Å²) in [5.74, 6) is 0. The molecule has 1 aromatic rings. The average Bonchev–Trinajstić information content (AvgIpc) is 1.90. The fourth-order valence-corrected chi connectivity index (χ4v) is 0.514. The molecule has 0 fully saturated rings. The molecular formula is C6H7N2+. The van der Waals surface area contributed by atoms with Gasteiger partial charge >= 0.3 is 0 Å². The maximum absolute atomic E-state index is 4.97. The van der Waals surface area contributed by atoms with Gasteiger partial charge in [-0.25, -0.2) is 0 Å². The highest BCUT2D eigenvalue weighted by Crippen LogP contribution is 2.05. The van der Waals surface area contributed by atoms with Gasteiger partial charge in [-0.2, -0.15) is 5.53 Å². The van der Waals surface area contributed by atoms with E-state index in [4.69, 9.17) is 5.53 Å². The summed E-state index contributed by atoms with van der Waals surface area (Å²) in [7, 11) is 0. The van der Waals surface area contributed by atoms with Crippen LogP contribution in [0.25, 0.3) is 0 Å². The molecule has 0 amide bonds. The van der Waals surface area contributed by atoms with Gasteiger partial charge in [-0.05, 0) is 17.2 Å². The Balaban J connectivity index is 2.99. The third-order valence-electron chi connectivity index (χ3n) is 0.905. The van der Waals surface area contributed by atoms with Gasteiger partial charge in [-0.1, -0.05) is 18.2 Å². The Bertz CT molecular complexity index is 169. The molecule has 0 aromatic heterocycles. The first-order chi connectivity index (χ1) is 3.93. The van der Waals surface area contributed by atoms with E-state index in [2.05, 4.69) is 5.11 Å². The number of nitrogens with two attached hydrogens (primary N) is 1. The van der Waals surface area contributed by atoms with Crippen LogP contribution in [0.2, 0.25) is 0 Å². The number of nitrogens with zero attached hydrogens (tertiary/aromatic N) is 1. The fourth-order valence-electron chi connectivity index (χ4n) is 0.514. The zero-order valence-corrected chi connectivity index (χ0v) is 4.41. The molecule has 1 aromatic carbocycles. The summed E-state index contributed by atoms with van der Waals surface area (Å²) < 4.78 is 0. The monoisotopic (exact) mass is 107 g/mol. The lowest BCUT2D eigenvalue weighted by atomic mass is 10.3. The second kappa shape index (κ2) is 2.21. The van der Waals surface area contributed by atoms with E-state index in [1.807, 2.05) is 30.3 Å². The summed E-state index contributed by atoms with van der Waals surface area (Å²) in [4.78, 5) is 0. The van der Waals surface area contributed by atoms with Gasteiger partial charge in [0.25, 0.3) is 0 Å². The number of hydrogen-bond donors (Lipinski definition) is 1. The number of rotatable bonds is 1. The number of benzene rings is 1. The lowest BCUT2D eigenvalue weighted by Crippen LogP contribution is -2.21. The first-order valence-corrected chi connectivity index (χ1v) is 2.39. The van der Waals surface area contributed by atoms with Gasteiger partial charge in [-0.3, -0.25) is 0 Å². The van der Waals surface area contributed by atoms with Crippen molar-refractivity contribution in [2.75, 3.05) is 0 Å². The standard InChI is InChI=1S/C6H6N2/c7-8-6-4-2-1-3-5-6/h1-5,7H/p+1. The van der Waals surface area contributed by atoms with Crippen molar-refractivity contribution in [3.05, 3.63) is 30.3 Å². The molecule has 0 saturated heterocycles. The second-order valence-electron chi connectivity index (χ2n) is 1.46. The van der Waals surface area contributed by atoms with Crippen LogP contribution in [0.3, 0.4) is 0 Å². The minimum absolute atomic E-state index is 0.813. The zero-order valence-electron chi connectivity index (χ0n) is 4.41. The molecule has 0 spiro atoms. The van der Waals surface area contributed by atoms with Gasteiger partial charge in [0.15, 0.2) is 0 Å². The quantitative estimate of drug-likeness (QED) is 0.508. The minimum atomic E-state index is 0.813. The molecule has 0 atom stereocenters. The first-order valence-electron chi connectivity index (χ1n) is 2.39. The summed E-state index contributed by atoms with van der Waals surface area (Å²) in [5.41, 5.74) is 5.79. The van der Waals surface area contributed by atoms with Crippen LogP contribution in [0.5, 0.6) is 0 Å². The summed E-state index contributed by atoms with van der Waals surface area (Å²) in [5, 5.41) is 3.47. The largest absolute Gasteiger partial charge is 0.152 e. The van der Waals surface area contributed by atoms with Gasteiger partial charge in [0, 0.05) is 0 Å². The Morgan fingerprint density at radius 3 is 2.12 bits per heavy atom. The molecule has 1 rings (SSSR count). The van der Waals surface area contributed by atoms with E-state index in [0.29, 0.717) is 0 Å². The van der Waals surface area contributed by atoms with Crippen molar-refractivity contribution < 1.29 is 5.53 Å². The third kappa shape index (κ3) is 0.904. The van der Waals surface area contributed by atoms with Crippen LogP contribution in [0.1, 0.15) is 0 Å². The van der Waals surface area contributed by atoms with Crippen LogP contribution in [0.4, 0.5) is 5.69 Å². The second-order valence-corrected chi connectivity index (χ2v) is 1.46. The van der Waals surface area contributed by atoms with Crippen molar-refractivity contribution in [2.45, 2.75) is 0 Å².